The van der Waals surface area contributed by atoms with E-state index in [1.54, 1.807) is 40.7 Å². The minimum Gasteiger partial charge on any atom is -0.484 e. The van der Waals surface area contributed by atoms with Crippen molar-refractivity contribution in [3.63, 3.8) is 0 Å². The molecule has 3 heterocycles. The number of nitrogens with one attached hydrogen (secondary N) is 1. The van der Waals surface area contributed by atoms with Gasteiger partial charge in [0.15, 0.2) is 11.7 Å². The Labute approximate surface area is 170 Å². The zero-order chi connectivity index (χ0) is 20.2. The molecular weight excluding hydrogens is 394 g/mol. The van der Waals surface area contributed by atoms with Crippen molar-refractivity contribution in [2.24, 2.45) is 5.92 Å². The van der Waals surface area contributed by atoms with Crippen LogP contribution in [-0.2, 0) is 9.59 Å². The Hall–Kier alpha value is -3.20. The van der Waals surface area contributed by atoms with E-state index in [0.717, 1.165) is 18.2 Å². The molecule has 3 aromatic rings. The molecule has 1 unspecified atom stereocenters. The van der Waals surface area contributed by atoms with Crippen molar-refractivity contribution in [2.45, 2.75) is 12.8 Å². The Balaban J connectivity index is 1.34. The number of hydrogen-bond acceptors (Lipinski definition) is 7. The third kappa shape index (κ3) is 4.62. The number of likely N-dealkylation sites (tertiary alicyclic amines) is 1. The van der Waals surface area contributed by atoms with Crippen LogP contribution in [0.2, 0.25) is 0 Å². The van der Waals surface area contributed by atoms with E-state index in [-0.39, 0.29) is 24.3 Å². The Morgan fingerprint density at radius 1 is 1.31 bits per heavy atom. The predicted octanol–water partition coefficient (Wildman–Crippen LogP) is 2.51. The van der Waals surface area contributed by atoms with Gasteiger partial charge in [0.2, 0.25) is 5.91 Å². The molecule has 0 spiro atoms. The van der Waals surface area contributed by atoms with E-state index in [4.69, 9.17) is 9.15 Å². The first-order valence-corrected chi connectivity index (χ1v) is 10.1. The van der Waals surface area contributed by atoms with Crippen LogP contribution in [0.3, 0.4) is 0 Å². The third-order valence-corrected chi connectivity index (χ3v) is 5.45. The summed E-state index contributed by atoms with van der Waals surface area (Å²) in [5, 5.41) is 5.92. The van der Waals surface area contributed by atoms with Gasteiger partial charge in [0.25, 0.3) is 5.91 Å². The van der Waals surface area contributed by atoms with Crippen molar-refractivity contribution in [1.29, 1.82) is 0 Å². The molecule has 1 aromatic carbocycles. The van der Waals surface area contributed by atoms with Crippen LogP contribution >= 0.6 is 11.3 Å². The molecule has 29 heavy (non-hydrogen) atoms. The number of benzene rings is 1. The SMILES string of the molecule is O=C(Nc1nccs1)C1CCCN(C(=O)COc2ccc3ccc(=O)oc3c2)C1. The smallest absolute Gasteiger partial charge is 0.336 e. The summed E-state index contributed by atoms with van der Waals surface area (Å²) in [5.74, 6) is -0.142. The van der Waals surface area contributed by atoms with Crippen LogP contribution in [-0.4, -0.2) is 41.4 Å². The van der Waals surface area contributed by atoms with Gasteiger partial charge < -0.3 is 19.4 Å². The van der Waals surface area contributed by atoms with Crippen molar-refractivity contribution < 1.29 is 18.7 Å². The molecule has 1 saturated heterocycles. The van der Waals surface area contributed by atoms with E-state index >= 15 is 0 Å². The topological polar surface area (TPSA) is 102 Å². The van der Waals surface area contributed by atoms with Crippen LogP contribution in [0.25, 0.3) is 11.0 Å². The van der Waals surface area contributed by atoms with Gasteiger partial charge in [0, 0.05) is 42.2 Å². The Morgan fingerprint density at radius 3 is 3.00 bits per heavy atom. The molecule has 4 rings (SSSR count). The Bertz CT molecular complexity index is 1080. The normalized spacial score (nSPS) is 16.6. The average Bonchev–Trinajstić information content (AvgIpc) is 3.24. The van der Waals surface area contributed by atoms with Crippen molar-refractivity contribution in [3.8, 4) is 5.75 Å². The zero-order valence-electron chi connectivity index (χ0n) is 15.5. The fourth-order valence-electron chi connectivity index (χ4n) is 3.28. The third-order valence-electron chi connectivity index (χ3n) is 4.76. The van der Waals surface area contributed by atoms with Gasteiger partial charge in [-0.1, -0.05) is 0 Å². The molecule has 1 atom stereocenters. The van der Waals surface area contributed by atoms with Crippen LogP contribution in [0, 0.1) is 5.92 Å². The minimum absolute atomic E-state index is 0.122. The number of rotatable bonds is 5. The molecule has 2 amide bonds. The van der Waals surface area contributed by atoms with Gasteiger partial charge >= 0.3 is 5.63 Å². The highest BCUT2D eigenvalue weighted by Crippen LogP contribution is 2.22. The number of anilines is 1. The van der Waals surface area contributed by atoms with Gasteiger partial charge in [-0.25, -0.2) is 9.78 Å². The lowest BCUT2D eigenvalue weighted by atomic mass is 9.97. The maximum absolute atomic E-state index is 12.6. The summed E-state index contributed by atoms with van der Waals surface area (Å²) < 4.78 is 10.7. The monoisotopic (exact) mass is 413 g/mol. The number of amides is 2. The number of hydrogen-bond donors (Lipinski definition) is 1. The average molecular weight is 413 g/mol. The Kier molecular flexibility index (Phi) is 5.57. The standard InChI is InChI=1S/C20H19N3O5S/c24-17(12-27-15-5-3-13-4-6-18(25)28-16(13)10-15)23-8-1-2-14(11-23)19(26)22-20-21-7-9-29-20/h3-7,9-10,14H,1-2,8,11-12H2,(H,21,22,26). The van der Waals surface area contributed by atoms with E-state index in [1.165, 1.54) is 17.4 Å². The van der Waals surface area contributed by atoms with Crippen molar-refractivity contribution in [2.75, 3.05) is 25.0 Å². The van der Waals surface area contributed by atoms with Crippen LogP contribution in [0.15, 0.2) is 51.1 Å². The molecule has 1 aliphatic heterocycles. The molecule has 0 saturated carbocycles. The molecule has 8 nitrogen and oxygen atoms in total. The molecule has 0 bridgehead atoms. The van der Waals surface area contributed by atoms with Crippen molar-refractivity contribution in [3.05, 3.63) is 52.3 Å². The summed E-state index contributed by atoms with van der Waals surface area (Å²) in [6.07, 6.45) is 3.11. The van der Waals surface area contributed by atoms with Gasteiger partial charge in [-0.2, -0.15) is 0 Å². The summed E-state index contributed by atoms with van der Waals surface area (Å²) in [6, 6.07) is 8.09. The number of fused-ring (bicyclic) bond motifs is 1. The number of ether oxygens (including phenoxy) is 1. The second-order valence-electron chi connectivity index (χ2n) is 6.75. The summed E-state index contributed by atoms with van der Waals surface area (Å²) >= 11 is 1.36. The number of carbonyl (C=O) groups excluding carboxylic acids is 2. The van der Waals surface area contributed by atoms with E-state index < -0.39 is 5.63 Å². The first-order chi connectivity index (χ1) is 14.1. The minimum atomic E-state index is -0.443. The first kappa shape index (κ1) is 19.1. The van der Waals surface area contributed by atoms with Crippen molar-refractivity contribution in [1.82, 2.24) is 9.88 Å². The molecule has 150 valence electrons. The second kappa shape index (κ2) is 8.44. The van der Waals surface area contributed by atoms with Gasteiger partial charge in [0.1, 0.15) is 11.3 Å². The molecule has 2 aromatic heterocycles. The van der Waals surface area contributed by atoms with E-state index in [1.807, 2.05) is 0 Å². The fraction of sp³-hybridized carbons (Fsp3) is 0.300. The zero-order valence-corrected chi connectivity index (χ0v) is 16.3. The summed E-state index contributed by atoms with van der Waals surface area (Å²) in [4.78, 5) is 42.0. The molecule has 1 fully saturated rings. The van der Waals surface area contributed by atoms with E-state index in [0.29, 0.717) is 29.6 Å². The molecule has 0 radical (unpaired) electrons. The van der Waals surface area contributed by atoms with Gasteiger partial charge in [-0.3, -0.25) is 9.59 Å². The van der Waals surface area contributed by atoms with Crippen molar-refractivity contribution >= 4 is 39.3 Å². The molecule has 9 heteroatoms. The summed E-state index contributed by atoms with van der Waals surface area (Å²) in [7, 11) is 0. The largest absolute Gasteiger partial charge is 0.484 e. The number of aromatic nitrogens is 1. The quantitative estimate of drug-likeness (QED) is 0.645. The summed E-state index contributed by atoms with van der Waals surface area (Å²) in [6.45, 7) is 0.797. The first-order valence-electron chi connectivity index (χ1n) is 9.23. The lowest BCUT2D eigenvalue weighted by molar-refractivity contribution is -0.136. The lowest BCUT2D eigenvalue weighted by Gasteiger charge is -2.31. The van der Waals surface area contributed by atoms with Gasteiger partial charge in [-0.15, -0.1) is 11.3 Å². The highest BCUT2D eigenvalue weighted by atomic mass is 32.1. The highest BCUT2D eigenvalue weighted by molar-refractivity contribution is 7.13. The van der Waals surface area contributed by atoms with Crippen LogP contribution in [0.5, 0.6) is 5.75 Å². The van der Waals surface area contributed by atoms with E-state index in [9.17, 15) is 14.4 Å². The highest BCUT2D eigenvalue weighted by Gasteiger charge is 2.29. The number of piperidine rings is 1. The molecule has 1 aliphatic rings. The maximum atomic E-state index is 12.6. The van der Waals surface area contributed by atoms with Crippen LogP contribution < -0.4 is 15.7 Å². The predicted molar refractivity (Wildman–Crippen MR) is 108 cm³/mol. The fourth-order valence-corrected chi connectivity index (χ4v) is 3.81. The lowest BCUT2D eigenvalue weighted by Crippen LogP contribution is -2.45. The van der Waals surface area contributed by atoms with Gasteiger partial charge in [0.05, 0.1) is 5.92 Å². The molecular formula is C20H19N3O5S. The number of carbonyl (C=O) groups is 2. The summed E-state index contributed by atoms with van der Waals surface area (Å²) in [5.41, 5.74) is -0.0412. The second-order valence-corrected chi connectivity index (χ2v) is 7.64. The van der Waals surface area contributed by atoms with Gasteiger partial charge in [-0.05, 0) is 31.0 Å². The Morgan fingerprint density at radius 2 is 2.17 bits per heavy atom. The number of thiazole rings is 1. The van der Waals surface area contributed by atoms with Crippen LogP contribution in [0.1, 0.15) is 12.8 Å². The molecule has 1 N–H and O–H groups in total. The van der Waals surface area contributed by atoms with Crippen LogP contribution in [0.4, 0.5) is 5.13 Å². The maximum Gasteiger partial charge on any atom is 0.336 e. The van der Waals surface area contributed by atoms with E-state index in [2.05, 4.69) is 10.3 Å². The molecule has 0 aliphatic carbocycles. The number of nitrogens with zero attached hydrogens (tertiary/aromatic N) is 2.